The molecule has 0 aliphatic carbocycles. The Bertz CT molecular complexity index is 381. The van der Waals surface area contributed by atoms with E-state index >= 15 is 0 Å². The van der Waals surface area contributed by atoms with Crippen LogP contribution in [0.15, 0.2) is 22.8 Å². The lowest BCUT2D eigenvalue weighted by atomic mass is 10.4. The molecule has 0 saturated heterocycles. The minimum atomic E-state index is -0.326. The largest absolute Gasteiger partial charge is 0.467 e. The number of rotatable bonds is 6. The van der Waals surface area contributed by atoms with E-state index in [9.17, 15) is 9.59 Å². The van der Waals surface area contributed by atoms with Gasteiger partial charge in [0.1, 0.15) is 5.76 Å². The molecule has 0 aliphatic rings. The molecule has 0 radical (unpaired) electrons. The zero-order chi connectivity index (χ0) is 13.4. The van der Waals surface area contributed by atoms with Crippen molar-refractivity contribution in [1.29, 1.82) is 0 Å². The number of nitrogens with zero attached hydrogens (tertiary/aromatic N) is 1. The fourth-order valence-corrected chi connectivity index (χ4v) is 1.37. The van der Waals surface area contributed by atoms with Crippen molar-refractivity contribution < 1.29 is 14.0 Å². The van der Waals surface area contributed by atoms with Gasteiger partial charge >= 0.3 is 6.03 Å². The molecule has 3 amide bonds. The van der Waals surface area contributed by atoms with Crippen LogP contribution in [0.4, 0.5) is 4.79 Å². The van der Waals surface area contributed by atoms with E-state index in [1.54, 1.807) is 25.4 Å². The Morgan fingerprint density at radius 1 is 1.44 bits per heavy atom. The van der Waals surface area contributed by atoms with Crippen molar-refractivity contribution in [2.45, 2.75) is 6.54 Å². The first kappa shape index (κ1) is 14.4. The van der Waals surface area contributed by atoms with Gasteiger partial charge in [0.05, 0.1) is 19.4 Å². The maximum atomic E-state index is 11.6. The SMILES string of the molecule is CN(Cc1ccco1)C(=O)NCC(=O)NCCS. The third kappa shape index (κ3) is 5.13. The molecule has 0 fully saturated rings. The molecule has 7 heteroatoms. The third-order valence-electron chi connectivity index (χ3n) is 2.15. The smallest absolute Gasteiger partial charge is 0.317 e. The van der Waals surface area contributed by atoms with Gasteiger partial charge in [0.25, 0.3) is 0 Å². The number of furan rings is 1. The number of nitrogens with one attached hydrogen (secondary N) is 2. The predicted molar refractivity (Wildman–Crippen MR) is 70.4 cm³/mol. The number of carbonyl (C=O) groups is 2. The van der Waals surface area contributed by atoms with Crippen molar-refractivity contribution in [3.63, 3.8) is 0 Å². The molecular formula is C11H17N3O3S. The Labute approximate surface area is 111 Å². The van der Waals surface area contributed by atoms with Crippen molar-refractivity contribution in [2.75, 3.05) is 25.9 Å². The van der Waals surface area contributed by atoms with Gasteiger partial charge in [-0.3, -0.25) is 4.79 Å². The summed E-state index contributed by atoms with van der Waals surface area (Å²) < 4.78 is 5.12. The standard InChI is InChI=1S/C11H17N3O3S/c1-14(8-9-3-2-5-17-9)11(16)13-7-10(15)12-4-6-18/h2-3,5,18H,4,6-8H2,1H3,(H,12,15)(H,13,16). The van der Waals surface area contributed by atoms with Crippen LogP contribution in [0.2, 0.25) is 0 Å². The topological polar surface area (TPSA) is 74.6 Å². The Kier molecular flexibility index (Phi) is 6.13. The van der Waals surface area contributed by atoms with Crippen molar-refractivity contribution in [3.8, 4) is 0 Å². The Morgan fingerprint density at radius 3 is 2.83 bits per heavy atom. The van der Waals surface area contributed by atoms with Gasteiger partial charge in [-0.15, -0.1) is 0 Å². The molecule has 0 aromatic carbocycles. The number of thiol groups is 1. The molecule has 0 bridgehead atoms. The van der Waals surface area contributed by atoms with E-state index < -0.39 is 0 Å². The average molecular weight is 271 g/mol. The molecule has 0 atom stereocenters. The zero-order valence-corrected chi connectivity index (χ0v) is 11.1. The molecule has 100 valence electrons. The molecule has 6 nitrogen and oxygen atoms in total. The van der Waals surface area contributed by atoms with E-state index in [1.165, 1.54) is 4.90 Å². The normalized spacial score (nSPS) is 9.89. The van der Waals surface area contributed by atoms with Gasteiger partial charge in [-0.1, -0.05) is 0 Å². The van der Waals surface area contributed by atoms with Crippen LogP contribution >= 0.6 is 12.6 Å². The molecular weight excluding hydrogens is 254 g/mol. The summed E-state index contributed by atoms with van der Waals surface area (Å²) in [6.45, 7) is 0.798. The van der Waals surface area contributed by atoms with Crippen molar-refractivity contribution >= 4 is 24.6 Å². The summed E-state index contributed by atoms with van der Waals surface area (Å²) in [7, 11) is 1.63. The third-order valence-corrected chi connectivity index (χ3v) is 2.38. The molecule has 0 aliphatic heterocycles. The summed E-state index contributed by atoms with van der Waals surface area (Å²) in [5.74, 6) is 1.02. The quantitative estimate of drug-likeness (QED) is 0.658. The zero-order valence-electron chi connectivity index (χ0n) is 10.2. The van der Waals surface area contributed by atoms with Crippen LogP contribution in [0.1, 0.15) is 5.76 Å². The summed E-state index contributed by atoms with van der Waals surface area (Å²) in [5, 5.41) is 5.12. The second-order valence-electron chi connectivity index (χ2n) is 3.67. The molecule has 1 heterocycles. The van der Waals surface area contributed by atoms with Crippen LogP contribution in [-0.4, -0.2) is 42.7 Å². The van der Waals surface area contributed by atoms with Crippen LogP contribution in [0, 0.1) is 0 Å². The second kappa shape index (κ2) is 7.65. The van der Waals surface area contributed by atoms with Gasteiger partial charge in [-0.05, 0) is 12.1 Å². The van der Waals surface area contributed by atoms with Crippen LogP contribution in [-0.2, 0) is 11.3 Å². The highest BCUT2D eigenvalue weighted by molar-refractivity contribution is 7.80. The van der Waals surface area contributed by atoms with E-state index in [0.29, 0.717) is 24.6 Å². The van der Waals surface area contributed by atoms with Crippen LogP contribution < -0.4 is 10.6 Å². The van der Waals surface area contributed by atoms with Crippen LogP contribution in [0.5, 0.6) is 0 Å². The summed E-state index contributed by atoms with van der Waals surface area (Å²) in [5.41, 5.74) is 0. The summed E-state index contributed by atoms with van der Waals surface area (Å²) in [4.78, 5) is 24.3. The molecule has 0 saturated carbocycles. The van der Waals surface area contributed by atoms with Gasteiger partial charge < -0.3 is 20.0 Å². The lowest BCUT2D eigenvalue weighted by Crippen LogP contribution is -2.42. The number of hydrogen-bond acceptors (Lipinski definition) is 4. The number of urea groups is 1. The predicted octanol–water partition coefficient (Wildman–Crippen LogP) is 0.467. The first-order valence-electron chi connectivity index (χ1n) is 5.52. The first-order chi connectivity index (χ1) is 8.63. The van der Waals surface area contributed by atoms with E-state index in [-0.39, 0.29) is 18.5 Å². The minimum absolute atomic E-state index is 0.0465. The lowest BCUT2D eigenvalue weighted by molar-refractivity contribution is -0.120. The number of amides is 3. The molecule has 1 aromatic heterocycles. The van der Waals surface area contributed by atoms with E-state index in [1.807, 2.05) is 0 Å². The number of hydrogen-bond donors (Lipinski definition) is 3. The first-order valence-corrected chi connectivity index (χ1v) is 6.15. The van der Waals surface area contributed by atoms with E-state index in [4.69, 9.17) is 4.42 Å². The summed E-state index contributed by atoms with van der Waals surface area (Å²) in [6, 6.07) is 3.21. The van der Waals surface area contributed by atoms with Gasteiger partial charge in [0, 0.05) is 19.3 Å². The fourth-order valence-electron chi connectivity index (χ4n) is 1.26. The van der Waals surface area contributed by atoms with Crippen molar-refractivity contribution in [1.82, 2.24) is 15.5 Å². The lowest BCUT2D eigenvalue weighted by Gasteiger charge is -2.16. The summed E-state index contributed by atoms with van der Waals surface area (Å²) >= 11 is 3.97. The van der Waals surface area contributed by atoms with Crippen molar-refractivity contribution in [2.24, 2.45) is 0 Å². The fraction of sp³-hybridized carbons (Fsp3) is 0.455. The summed E-state index contributed by atoms with van der Waals surface area (Å²) in [6.07, 6.45) is 1.55. The molecule has 18 heavy (non-hydrogen) atoms. The van der Waals surface area contributed by atoms with Crippen molar-refractivity contribution in [3.05, 3.63) is 24.2 Å². The molecule has 2 N–H and O–H groups in total. The van der Waals surface area contributed by atoms with Gasteiger partial charge in [0.2, 0.25) is 5.91 Å². The van der Waals surface area contributed by atoms with Crippen LogP contribution in [0.3, 0.4) is 0 Å². The molecule has 1 aromatic rings. The Morgan fingerprint density at radius 2 is 2.22 bits per heavy atom. The van der Waals surface area contributed by atoms with Gasteiger partial charge in [0.15, 0.2) is 0 Å². The highest BCUT2D eigenvalue weighted by atomic mass is 32.1. The minimum Gasteiger partial charge on any atom is -0.467 e. The molecule has 0 spiro atoms. The second-order valence-corrected chi connectivity index (χ2v) is 4.11. The maximum absolute atomic E-state index is 11.6. The van der Waals surface area contributed by atoms with Crippen LogP contribution in [0.25, 0.3) is 0 Å². The van der Waals surface area contributed by atoms with E-state index in [0.717, 1.165) is 0 Å². The highest BCUT2D eigenvalue weighted by Crippen LogP contribution is 2.03. The number of carbonyl (C=O) groups excluding carboxylic acids is 2. The molecule has 1 rings (SSSR count). The Balaban J connectivity index is 2.25. The highest BCUT2D eigenvalue weighted by Gasteiger charge is 2.11. The van der Waals surface area contributed by atoms with Gasteiger partial charge in [-0.2, -0.15) is 12.6 Å². The monoisotopic (exact) mass is 271 g/mol. The van der Waals surface area contributed by atoms with E-state index in [2.05, 4.69) is 23.3 Å². The average Bonchev–Trinajstić information content (AvgIpc) is 2.86. The molecule has 0 unspecified atom stereocenters. The van der Waals surface area contributed by atoms with Gasteiger partial charge in [-0.25, -0.2) is 4.79 Å². The Hall–Kier alpha value is -1.63. The maximum Gasteiger partial charge on any atom is 0.317 e.